The second kappa shape index (κ2) is 4.79. The first-order valence-corrected chi connectivity index (χ1v) is 6.44. The minimum Gasteiger partial charge on any atom is -0.307 e. The SMILES string of the molecule is Cc1cc(C)c(C(=O)C2CCCN2)c(C)c1Cl. The van der Waals surface area contributed by atoms with Gasteiger partial charge in [0.2, 0.25) is 0 Å². The first-order valence-electron chi connectivity index (χ1n) is 6.06. The molecule has 1 aliphatic heterocycles. The van der Waals surface area contributed by atoms with Crippen LogP contribution in [0.3, 0.4) is 0 Å². The molecule has 1 aliphatic rings. The standard InChI is InChI=1S/C14H18ClNO/c1-8-7-9(2)13(15)10(3)12(8)14(17)11-5-4-6-16-11/h7,11,16H,4-6H2,1-3H3. The van der Waals surface area contributed by atoms with Crippen LogP contribution in [0.4, 0.5) is 0 Å². The van der Waals surface area contributed by atoms with Crippen molar-refractivity contribution in [3.05, 3.63) is 33.3 Å². The quantitative estimate of drug-likeness (QED) is 0.818. The molecule has 1 heterocycles. The fourth-order valence-corrected chi connectivity index (χ4v) is 2.77. The van der Waals surface area contributed by atoms with Crippen molar-refractivity contribution in [2.75, 3.05) is 6.54 Å². The average Bonchev–Trinajstić information content (AvgIpc) is 2.79. The van der Waals surface area contributed by atoms with E-state index < -0.39 is 0 Å². The van der Waals surface area contributed by atoms with Crippen LogP contribution in [0.25, 0.3) is 0 Å². The van der Waals surface area contributed by atoms with Gasteiger partial charge in [-0.15, -0.1) is 0 Å². The normalized spacial score (nSPS) is 19.6. The molecule has 1 atom stereocenters. The number of benzene rings is 1. The van der Waals surface area contributed by atoms with Crippen molar-refractivity contribution in [2.24, 2.45) is 0 Å². The molecule has 0 saturated carbocycles. The van der Waals surface area contributed by atoms with Gasteiger partial charge in [-0.3, -0.25) is 4.79 Å². The fraction of sp³-hybridized carbons (Fsp3) is 0.500. The van der Waals surface area contributed by atoms with Gasteiger partial charge >= 0.3 is 0 Å². The number of hydrogen-bond acceptors (Lipinski definition) is 2. The minimum absolute atomic E-state index is 0.0221. The Bertz CT molecular complexity index is 462. The van der Waals surface area contributed by atoms with Crippen molar-refractivity contribution >= 4 is 17.4 Å². The molecule has 2 nitrogen and oxygen atoms in total. The van der Waals surface area contributed by atoms with Gasteiger partial charge in [0.25, 0.3) is 0 Å². The van der Waals surface area contributed by atoms with Crippen LogP contribution in [-0.4, -0.2) is 18.4 Å². The van der Waals surface area contributed by atoms with Gasteiger partial charge in [-0.25, -0.2) is 0 Å². The van der Waals surface area contributed by atoms with Crippen molar-refractivity contribution < 1.29 is 4.79 Å². The number of rotatable bonds is 2. The molecule has 2 rings (SSSR count). The zero-order valence-electron chi connectivity index (χ0n) is 10.6. The smallest absolute Gasteiger partial charge is 0.180 e. The summed E-state index contributed by atoms with van der Waals surface area (Å²) in [5, 5.41) is 3.97. The molecular weight excluding hydrogens is 234 g/mol. The lowest BCUT2D eigenvalue weighted by Crippen LogP contribution is -2.31. The summed E-state index contributed by atoms with van der Waals surface area (Å²) in [7, 11) is 0. The highest BCUT2D eigenvalue weighted by Crippen LogP contribution is 2.28. The fourth-order valence-electron chi connectivity index (χ4n) is 2.62. The van der Waals surface area contributed by atoms with E-state index >= 15 is 0 Å². The molecule has 1 N–H and O–H groups in total. The zero-order valence-corrected chi connectivity index (χ0v) is 11.3. The highest BCUT2D eigenvalue weighted by Gasteiger charge is 2.26. The van der Waals surface area contributed by atoms with Crippen molar-refractivity contribution in [3.63, 3.8) is 0 Å². The Morgan fingerprint density at radius 1 is 1.35 bits per heavy atom. The van der Waals surface area contributed by atoms with E-state index in [0.29, 0.717) is 0 Å². The number of Topliss-reactive ketones (excluding diaryl/α,β-unsaturated/α-hetero) is 1. The van der Waals surface area contributed by atoms with Gasteiger partial charge in [0.05, 0.1) is 6.04 Å². The number of ketones is 1. The van der Waals surface area contributed by atoms with Gasteiger partial charge in [0.1, 0.15) is 0 Å². The van der Waals surface area contributed by atoms with E-state index in [0.717, 1.165) is 46.7 Å². The van der Waals surface area contributed by atoms with E-state index in [1.54, 1.807) is 0 Å². The van der Waals surface area contributed by atoms with E-state index in [1.165, 1.54) is 0 Å². The van der Waals surface area contributed by atoms with Crippen LogP contribution in [0.1, 0.15) is 39.9 Å². The van der Waals surface area contributed by atoms with Gasteiger partial charge in [0.15, 0.2) is 5.78 Å². The van der Waals surface area contributed by atoms with Crippen LogP contribution in [0.2, 0.25) is 5.02 Å². The Labute approximate surface area is 107 Å². The summed E-state index contributed by atoms with van der Waals surface area (Å²) in [6.07, 6.45) is 2.01. The minimum atomic E-state index is -0.0221. The van der Waals surface area contributed by atoms with Crippen LogP contribution < -0.4 is 5.32 Å². The lowest BCUT2D eigenvalue weighted by molar-refractivity contribution is 0.0951. The molecule has 0 spiro atoms. The lowest BCUT2D eigenvalue weighted by Gasteiger charge is -2.16. The first-order chi connectivity index (χ1) is 8.02. The van der Waals surface area contributed by atoms with E-state index in [4.69, 9.17) is 11.6 Å². The summed E-state index contributed by atoms with van der Waals surface area (Å²) < 4.78 is 0. The second-order valence-corrected chi connectivity index (χ2v) is 5.22. The van der Waals surface area contributed by atoms with Crippen molar-refractivity contribution in [3.8, 4) is 0 Å². The van der Waals surface area contributed by atoms with Gasteiger partial charge in [-0.2, -0.15) is 0 Å². The predicted octanol–water partition coefficient (Wildman–Crippen LogP) is 3.20. The summed E-state index contributed by atoms with van der Waals surface area (Å²) >= 11 is 6.23. The third-order valence-corrected chi connectivity index (χ3v) is 4.08. The summed E-state index contributed by atoms with van der Waals surface area (Å²) in [5.74, 6) is 0.194. The number of halogens is 1. The molecule has 1 unspecified atom stereocenters. The average molecular weight is 252 g/mol. The molecule has 0 amide bonds. The molecule has 0 aromatic heterocycles. The third kappa shape index (κ3) is 2.24. The molecule has 1 aromatic rings. The maximum atomic E-state index is 12.4. The molecule has 0 aliphatic carbocycles. The molecular formula is C14H18ClNO. The molecule has 17 heavy (non-hydrogen) atoms. The zero-order chi connectivity index (χ0) is 12.6. The third-order valence-electron chi connectivity index (χ3n) is 3.50. The van der Waals surface area contributed by atoms with Crippen LogP contribution in [0, 0.1) is 20.8 Å². The summed E-state index contributed by atoms with van der Waals surface area (Å²) in [5.41, 5.74) is 3.79. The Kier molecular flexibility index (Phi) is 3.55. The number of nitrogens with one attached hydrogen (secondary N) is 1. The van der Waals surface area contributed by atoms with Crippen LogP contribution in [0.5, 0.6) is 0 Å². The van der Waals surface area contributed by atoms with Crippen LogP contribution >= 0.6 is 11.6 Å². The summed E-state index contributed by atoms with van der Waals surface area (Å²) in [6.45, 7) is 6.83. The number of hydrogen-bond donors (Lipinski definition) is 1. The highest BCUT2D eigenvalue weighted by atomic mass is 35.5. The monoisotopic (exact) mass is 251 g/mol. The van der Waals surface area contributed by atoms with Gasteiger partial charge in [-0.1, -0.05) is 17.7 Å². The van der Waals surface area contributed by atoms with E-state index in [1.807, 2.05) is 26.8 Å². The first kappa shape index (κ1) is 12.6. The largest absolute Gasteiger partial charge is 0.307 e. The molecule has 1 saturated heterocycles. The topological polar surface area (TPSA) is 29.1 Å². The molecule has 1 fully saturated rings. The Morgan fingerprint density at radius 3 is 2.65 bits per heavy atom. The predicted molar refractivity (Wildman–Crippen MR) is 71.0 cm³/mol. The van der Waals surface area contributed by atoms with Crippen LogP contribution in [0.15, 0.2) is 6.07 Å². The van der Waals surface area contributed by atoms with Gasteiger partial charge in [0, 0.05) is 10.6 Å². The maximum absolute atomic E-state index is 12.4. The molecule has 0 bridgehead atoms. The summed E-state index contributed by atoms with van der Waals surface area (Å²) in [4.78, 5) is 12.4. The van der Waals surface area contributed by atoms with Gasteiger partial charge < -0.3 is 5.32 Å². The molecule has 1 aromatic carbocycles. The van der Waals surface area contributed by atoms with E-state index in [2.05, 4.69) is 5.32 Å². The highest BCUT2D eigenvalue weighted by molar-refractivity contribution is 6.32. The van der Waals surface area contributed by atoms with Crippen LogP contribution in [-0.2, 0) is 0 Å². The molecule has 92 valence electrons. The van der Waals surface area contributed by atoms with Crippen molar-refractivity contribution in [2.45, 2.75) is 39.7 Å². The Hall–Kier alpha value is -0.860. The second-order valence-electron chi connectivity index (χ2n) is 4.84. The van der Waals surface area contributed by atoms with Crippen molar-refractivity contribution in [1.29, 1.82) is 0 Å². The maximum Gasteiger partial charge on any atom is 0.180 e. The Morgan fingerprint density at radius 2 is 2.06 bits per heavy atom. The lowest BCUT2D eigenvalue weighted by atomic mass is 9.92. The molecule has 0 radical (unpaired) electrons. The Balaban J connectivity index is 2.44. The number of aryl methyl sites for hydroxylation is 2. The van der Waals surface area contributed by atoms with Crippen molar-refractivity contribution in [1.82, 2.24) is 5.32 Å². The molecule has 3 heteroatoms. The number of carbonyl (C=O) groups excluding carboxylic acids is 1. The summed E-state index contributed by atoms with van der Waals surface area (Å²) in [6, 6.07) is 1.98. The van der Waals surface area contributed by atoms with Gasteiger partial charge in [-0.05, 0) is 56.8 Å². The number of carbonyl (C=O) groups is 1. The van der Waals surface area contributed by atoms with E-state index in [-0.39, 0.29) is 11.8 Å². The van der Waals surface area contributed by atoms with E-state index in [9.17, 15) is 4.79 Å².